The molecule has 5 nitrogen and oxygen atoms in total. The Hall–Kier alpha value is -2.18. The summed E-state index contributed by atoms with van der Waals surface area (Å²) in [6.45, 7) is 1.24. The fourth-order valence-corrected chi connectivity index (χ4v) is 3.14. The normalized spacial score (nSPS) is 16.3. The molecule has 6 heteroatoms. The molecule has 0 radical (unpaired) electrons. The fourth-order valence-electron chi connectivity index (χ4n) is 2.88. The first-order chi connectivity index (χ1) is 12.6. The van der Waals surface area contributed by atoms with E-state index in [0.29, 0.717) is 17.8 Å². The molecule has 136 valence electrons. The lowest BCUT2D eigenvalue weighted by molar-refractivity contribution is -0.115. The van der Waals surface area contributed by atoms with E-state index in [9.17, 15) is 9.59 Å². The number of ether oxygens (including phenoxy) is 1. The van der Waals surface area contributed by atoms with Crippen LogP contribution < -0.4 is 10.6 Å². The van der Waals surface area contributed by atoms with E-state index in [-0.39, 0.29) is 24.3 Å². The molecule has 2 N–H and O–H groups in total. The molecule has 1 fully saturated rings. The minimum Gasteiger partial charge on any atom is -0.376 e. The van der Waals surface area contributed by atoms with E-state index >= 15 is 0 Å². The van der Waals surface area contributed by atoms with Crippen LogP contribution in [0.5, 0.6) is 0 Å². The second-order valence-electron chi connectivity index (χ2n) is 6.24. The van der Waals surface area contributed by atoms with Crippen molar-refractivity contribution in [3.8, 4) is 0 Å². The SMILES string of the molecule is O=C(Cc1ccc(Br)cc1)Nc1ccccc1C(=O)NCC1CCCO1. The highest BCUT2D eigenvalue weighted by Crippen LogP contribution is 2.17. The summed E-state index contributed by atoms with van der Waals surface area (Å²) in [6, 6.07) is 14.6. The van der Waals surface area contributed by atoms with E-state index in [2.05, 4.69) is 26.6 Å². The maximum Gasteiger partial charge on any atom is 0.253 e. The van der Waals surface area contributed by atoms with Gasteiger partial charge in [0.25, 0.3) is 5.91 Å². The highest BCUT2D eigenvalue weighted by atomic mass is 79.9. The molecule has 2 aromatic carbocycles. The van der Waals surface area contributed by atoms with Gasteiger partial charge in [-0.05, 0) is 42.7 Å². The van der Waals surface area contributed by atoms with Crippen molar-refractivity contribution in [2.24, 2.45) is 0 Å². The molecule has 0 aromatic heterocycles. The molecule has 2 aromatic rings. The van der Waals surface area contributed by atoms with Crippen LogP contribution in [-0.2, 0) is 16.0 Å². The summed E-state index contributed by atoms with van der Waals surface area (Å²) in [5, 5.41) is 5.73. The van der Waals surface area contributed by atoms with Crippen LogP contribution in [0.15, 0.2) is 53.0 Å². The number of carbonyl (C=O) groups excluding carboxylic acids is 2. The van der Waals surface area contributed by atoms with Crippen LogP contribution in [0, 0.1) is 0 Å². The minimum atomic E-state index is -0.208. The Morgan fingerprint density at radius 1 is 1.12 bits per heavy atom. The number of anilines is 1. The Kier molecular flexibility index (Phi) is 6.41. The molecular weight excluding hydrogens is 396 g/mol. The lowest BCUT2D eigenvalue weighted by Gasteiger charge is -2.14. The van der Waals surface area contributed by atoms with Crippen molar-refractivity contribution >= 4 is 33.4 Å². The second kappa shape index (κ2) is 8.96. The lowest BCUT2D eigenvalue weighted by Crippen LogP contribution is -2.32. The van der Waals surface area contributed by atoms with Gasteiger partial charge in [-0.15, -0.1) is 0 Å². The fraction of sp³-hybridized carbons (Fsp3) is 0.300. The predicted molar refractivity (Wildman–Crippen MR) is 104 cm³/mol. The van der Waals surface area contributed by atoms with Gasteiger partial charge in [0.1, 0.15) is 0 Å². The molecule has 26 heavy (non-hydrogen) atoms. The van der Waals surface area contributed by atoms with Gasteiger partial charge in [0.05, 0.1) is 23.8 Å². The van der Waals surface area contributed by atoms with Gasteiger partial charge in [-0.2, -0.15) is 0 Å². The molecule has 1 aliphatic heterocycles. The Morgan fingerprint density at radius 2 is 1.88 bits per heavy atom. The average molecular weight is 417 g/mol. The van der Waals surface area contributed by atoms with Crippen LogP contribution >= 0.6 is 15.9 Å². The first-order valence-corrected chi connectivity index (χ1v) is 9.44. The van der Waals surface area contributed by atoms with Gasteiger partial charge in [-0.1, -0.05) is 40.2 Å². The largest absolute Gasteiger partial charge is 0.376 e. The van der Waals surface area contributed by atoms with Crippen molar-refractivity contribution in [1.29, 1.82) is 0 Å². The first-order valence-electron chi connectivity index (χ1n) is 8.65. The molecular formula is C20H21BrN2O3. The maximum absolute atomic E-state index is 12.5. The third kappa shape index (κ3) is 5.16. The molecule has 1 saturated heterocycles. The third-order valence-electron chi connectivity index (χ3n) is 4.24. The molecule has 1 aliphatic rings. The summed E-state index contributed by atoms with van der Waals surface area (Å²) >= 11 is 3.38. The number of hydrogen-bond acceptors (Lipinski definition) is 3. The van der Waals surface area contributed by atoms with Crippen LogP contribution in [0.4, 0.5) is 5.69 Å². The van der Waals surface area contributed by atoms with Crippen LogP contribution in [0.3, 0.4) is 0 Å². The van der Waals surface area contributed by atoms with Gasteiger partial charge in [0.15, 0.2) is 0 Å². The van der Waals surface area contributed by atoms with Gasteiger partial charge >= 0.3 is 0 Å². The van der Waals surface area contributed by atoms with E-state index in [1.165, 1.54) is 0 Å². The Balaban J connectivity index is 1.61. The van der Waals surface area contributed by atoms with Gasteiger partial charge in [-0.25, -0.2) is 0 Å². The highest BCUT2D eigenvalue weighted by Gasteiger charge is 2.18. The number of hydrogen-bond donors (Lipinski definition) is 2. The smallest absolute Gasteiger partial charge is 0.253 e. The summed E-state index contributed by atoms with van der Waals surface area (Å²) < 4.78 is 6.49. The summed E-state index contributed by atoms with van der Waals surface area (Å²) in [5.41, 5.74) is 1.88. The van der Waals surface area contributed by atoms with Crippen molar-refractivity contribution < 1.29 is 14.3 Å². The van der Waals surface area contributed by atoms with Crippen molar-refractivity contribution in [2.75, 3.05) is 18.5 Å². The molecule has 3 rings (SSSR count). The number of nitrogens with one attached hydrogen (secondary N) is 2. The minimum absolute atomic E-state index is 0.0816. The summed E-state index contributed by atoms with van der Waals surface area (Å²) in [5.74, 6) is -0.369. The zero-order valence-electron chi connectivity index (χ0n) is 14.3. The number of para-hydroxylation sites is 1. The molecule has 1 atom stereocenters. The van der Waals surface area contributed by atoms with E-state index < -0.39 is 0 Å². The molecule has 2 amide bonds. The quantitative estimate of drug-likeness (QED) is 0.756. The second-order valence-corrected chi connectivity index (χ2v) is 7.16. The molecule has 1 unspecified atom stereocenters. The Morgan fingerprint density at radius 3 is 2.62 bits per heavy atom. The number of benzene rings is 2. The maximum atomic E-state index is 12.5. The molecule has 0 saturated carbocycles. The number of rotatable bonds is 6. The number of carbonyl (C=O) groups is 2. The van der Waals surface area contributed by atoms with Crippen molar-refractivity contribution in [2.45, 2.75) is 25.4 Å². The molecule has 1 heterocycles. The van der Waals surface area contributed by atoms with Crippen molar-refractivity contribution in [1.82, 2.24) is 5.32 Å². The predicted octanol–water partition coefficient (Wildman–Crippen LogP) is 3.54. The zero-order valence-corrected chi connectivity index (χ0v) is 15.9. The van der Waals surface area contributed by atoms with Crippen LogP contribution in [0.1, 0.15) is 28.8 Å². The highest BCUT2D eigenvalue weighted by molar-refractivity contribution is 9.10. The third-order valence-corrected chi connectivity index (χ3v) is 4.77. The van der Waals surface area contributed by atoms with Crippen LogP contribution in [0.25, 0.3) is 0 Å². The van der Waals surface area contributed by atoms with Gasteiger partial charge < -0.3 is 15.4 Å². The van der Waals surface area contributed by atoms with E-state index in [1.807, 2.05) is 24.3 Å². The van der Waals surface area contributed by atoms with Gasteiger partial charge in [0, 0.05) is 17.6 Å². The zero-order chi connectivity index (χ0) is 18.4. The van der Waals surface area contributed by atoms with Crippen molar-refractivity contribution in [3.63, 3.8) is 0 Å². The van der Waals surface area contributed by atoms with Gasteiger partial charge in [-0.3, -0.25) is 9.59 Å². The summed E-state index contributed by atoms with van der Waals surface area (Å²) in [6.07, 6.45) is 2.33. The van der Waals surface area contributed by atoms with Crippen molar-refractivity contribution in [3.05, 3.63) is 64.1 Å². The van der Waals surface area contributed by atoms with E-state index in [4.69, 9.17) is 4.74 Å². The van der Waals surface area contributed by atoms with Crippen LogP contribution in [-0.4, -0.2) is 31.1 Å². The monoisotopic (exact) mass is 416 g/mol. The lowest BCUT2D eigenvalue weighted by atomic mass is 10.1. The summed E-state index contributed by atoms with van der Waals surface area (Å²) in [4.78, 5) is 24.8. The number of halogens is 1. The molecule has 0 aliphatic carbocycles. The van der Waals surface area contributed by atoms with E-state index in [0.717, 1.165) is 29.5 Å². The Labute approximate surface area is 161 Å². The first kappa shape index (κ1) is 18.6. The summed E-state index contributed by atoms with van der Waals surface area (Å²) in [7, 11) is 0. The average Bonchev–Trinajstić information content (AvgIpc) is 3.16. The van der Waals surface area contributed by atoms with E-state index in [1.54, 1.807) is 24.3 Å². The van der Waals surface area contributed by atoms with Crippen LogP contribution in [0.2, 0.25) is 0 Å². The molecule has 0 bridgehead atoms. The molecule has 0 spiro atoms. The number of amides is 2. The standard InChI is InChI=1S/C20H21BrN2O3/c21-15-9-7-14(8-10-15)12-19(24)23-18-6-2-1-5-17(18)20(25)22-13-16-4-3-11-26-16/h1-2,5-10,16H,3-4,11-13H2,(H,22,25)(H,23,24). The Bertz CT molecular complexity index is 771. The van der Waals surface area contributed by atoms with Gasteiger partial charge in [0.2, 0.25) is 5.91 Å². The topological polar surface area (TPSA) is 67.4 Å².